The van der Waals surface area contributed by atoms with Crippen molar-refractivity contribution < 1.29 is 22.7 Å². The molecule has 0 bridgehead atoms. The fourth-order valence-corrected chi connectivity index (χ4v) is 7.12. The third kappa shape index (κ3) is 4.91. The number of sulfonamides is 1. The van der Waals surface area contributed by atoms with Gasteiger partial charge in [-0.3, -0.25) is 14.7 Å². The number of halogens is 1. The quantitative estimate of drug-likeness (QED) is 0.408. The molecule has 6 rings (SSSR count). The summed E-state index contributed by atoms with van der Waals surface area (Å²) in [6.45, 7) is 2.55. The Bertz CT molecular complexity index is 1600. The van der Waals surface area contributed by atoms with E-state index in [1.54, 1.807) is 18.2 Å². The molecule has 2 saturated heterocycles. The number of aliphatic imine (C=N–C) groups is 1. The Balaban J connectivity index is 1.22. The molecule has 12 heteroatoms. The first-order valence-electron chi connectivity index (χ1n) is 13.3. The molecule has 0 saturated carbocycles. The van der Waals surface area contributed by atoms with Gasteiger partial charge in [0.25, 0.3) is 10.0 Å². The lowest BCUT2D eigenvalue weighted by Crippen LogP contribution is -2.60. The molecule has 0 radical (unpaired) electrons. The van der Waals surface area contributed by atoms with Crippen LogP contribution < -0.4 is 0 Å². The molecule has 4 heterocycles. The maximum absolute atomic E-state index is 13.5. The number of benzene rings is 2. The number of ether oxygens (including phenoxy) is 1. The van der Waals surface area contributed by atoms with Crippen molar-refractivity contribution in [1.29, 1.82) is 0 Å². The van der Waals surface area contributed by atoms with Crippen molar-refractivity contribution in [2.45, 2.75) is 36.5 Å². The summed E-state index contributed by atoms with van der Waals surface area (Å²) < 4.78 is 33.0. The lowest BCUT2D eigenvalue weighted by Gasteiger charge is -2.41. The summed E-state index contributed by atoms with van der Waals surface area (Å²) in [6.07, 6.45) is 2.20. The van der Waals surface area contributed by atoms with E-state index in [0.29, 0.717) is 15.9 Å². The van der Waals surface area contributed by atoms with Crippen molar-refractivity contribution in [3.8, 4) is 0 Å². The van der Waals surface area contributed by atoms with E-state index in [2.05, 4.69) is 27.0 Å². The number of rotatable bonds is 8. The number of aromatic nitrogens is 1. The summed E-state index contributed by atoms with van der Waals surface area (Å²) in [4.78, 5) is 37.4. The molecule has 210 valence electrons. The van der Waals surface area contributed by atoms with Gasteiger partial charge in [-0.15, -0.1) is 0 Å². The number of fused-ring (bicyclic) bond motifs is 1. The molecule has 40 heavy (non-hydrogen) atoms. The predicted molar refractivity (Wildman–Crippen MR) is 151 cm³/mol. The third-order valence-corrected chi connectivity index (χ3v) is 9.91. The van der Waals surface area contributed by atoms with E-state index in [1.807, 2.05) is 12.1 Å². The van der Waals surface area contributed by atoms with E-state index in [9.17, 15) is 18.0 Å². The molecular weight excluding hydrogens is 554 g/mol. The standard InChI is InChI=1S/C28H30ClN5O5S/c1-39-28(36)24-16-33(40(37,38)25-14-20-13-21(29)7-8-22(20)31-25)17-26(35)34(24)15-18-3-5-19(6-4-18)27(23-9-10-30-23)32-11-2-12-32/h3-8,13-14,24,27,31H,2,9-12,15-17H2,1H3/t24-,27?/m1/s1. The third-order valence-electron chi connectivity index (χ3n) is 7.94. The Kier molecular flexibility index (Phi) is 7.16. The summed E-state index contributed by atoms with van der Waals surface area (Å²) >= 11 is 6.05. The SMILES string of the molecule is COC(=O)[C@H]1CN(S(=O)(=O)c2cc3cc(Cl)ccc3[nH]2)CC(=O)N1Cc1ccc(C(C2=NCC2)N2CCC2)cc1. The van der Waals surface area contributed by atoms with Crippen LogP contribution in [0.25, 0.3) is 10.9 Å². The van der Waals surface area contributed by atoms with E-state index >= 15 is 0 Å². The van der Waals surface area contributed by atoms with Gasteiger partial charge in [-0.25, -0.2) is 13.2 Å². The largest absolute Gasteiger partial charge is 0.467 e. The number of carbonyl (C=O) groups is 2. The number of aromatic amines is 1. The van der Waals surface area contributed by atoms with Crippen LogP contribution in [0, 0.1) is 0 Å². The molecular formula is C28H30ClN5O5S. The number of H-pyrrole nitrogens is 1. The number of amides is 1. The molecule has 1 N–H and O–H groups in total. The maximum atomic E-state index is 13.5. The minimum Gasteiger partial charge on any atom is -0.467 e. The topological polar surface area (TPSA) is 115 Å². The molecule has 1 amide bonds. The van der Waals surface area contributed by atoms with Crippen LogP contribution in [0.5, 0.6) is 0 Å². The van der Waals surface area contributed by atoms with E-state index in [1.165, 1.54) is 30.2 Å². The number of esters is 1. The Labute approximate surface area is 237 Å². The van der Waals surface area contributed by atoms with E-state index < -0.39 is 27.9 Å². The lowest BCUT2D eigenvalue weighted by molar-refractivity contribution is -0.157. The van der Waals surface area contributed by atoms with E-state index in [4.69, 9.17) is 16.3 Å². The summed E-state index contributed by atoms with van der Waals surface area (Å²) in [7, 11) is -2.87. The number of hydrogen-bond donors (Lipinski definition) is 1. The first-order chi connectivity index (χ1) is 19.2. The Morgan fingerprint density at radius 2 is 1.93 bits per heavy atom. The van der Waals surface area contributed by atoms with Crippen LogP contribution in [-0.4, -0.2) is 91.0 Å². The molecule has 0 spiro atoms. The minimum absolute atomic E-state index is 0.0713. The average Bonchev–Trinajstić information content (AvgIpc) is 3.31. The van der Waals surface area contributed by atoms with Crippen LogP contribution in [0.4, 0.5) is 0 Å². The van der Waals surface area contributed by atoms with Crippen molar-refractivity contribution in [2.24, 2.45) is 4.99 Å². The van der Waals surface area contributed by atoms with Gasteiger partial charge in [0.2, 0.25) is 5.91 Å². The molecule has 2 fully saturated rings. The van der Waals surface area contributed by atoms with Crippen LogP contribution in [0.3, 0.4) is 0 Å². The highest BCUT2D eigenvalue weighted by molar-refractivity contribution is 7.89. The fraction of sp³-hybridized carbons (Fsp3) is 0.393. The Morgan fingerprint density at radius 3 is 2.55 bits per heavy atom. The number of hydrogen-bond acceptors (Lipinski definition) is 7. The van der Waals surface area contributed by atoms with Crippen molar-refractivity contribution in [2.75, 3.05) is 39.8 Å². The number of methoxy groups -OCH3 is 1. The monoisotopic (exact) mass is 583 g/mol. The van der Waals surface area contributed by atoms with Gasteiger partial charge in [-0.05, 0) is 41.8 Å². The minimum atomic E-state index is -4.10. The van der Waals surface area contributed by atoms with Gasteiger partial charge < -0.3 is 14.6 Å². The summed E-state index contributed by atoms with van der Waals surface area (Å²) in [6, 6.07) is 13.6. The molecule has 0 aliphatic carbocycles. The molecule has 2 atom stereocenters. The zero-order valence-corrected chi connectivity index (χ0v) is 23.6. The van der Waals surface area contributed by atoms with Crippen molar-refractivity contribution >= 4 is 50.1 Å². The molecule has 1 aromatic heterocycles. The molecule has 3 aliphatic heterocycles. The summed E-state index contributed by atoms with van der Waals surface area (Å²) in [5.41, 5.74) is 3.81. The van der Waals surface area contributed by atoms with Gasteiger partial charge in [-0.1, -0.05) is 35.9 Å². The van der Waals surface area contributed by atoms with Crippen molar-refractivity contribution in [3.63, 3.8) is 0 Å². The van der Waals surface area contributed by atoms with Crippen molar-refractivity contribution in [1.82, 2.24) is 19.1 Å². The number of likely N-dealkylation sites (tertiary alicyclic amines) is 1. The Hall–Kier alpha value is -3.25. The smallest absolute Gasteiger partial charge is 0.329 e. The first-order valence-corrected chi connectivity index (χ1v) is 15.1. The molecule has 3 aromatic rings. The number of nitrogens with one attached hydrogen (secondary N) is 1. The number of piperazine rings is 1. The number of nitrogens with zero attached hydrogens (tertiary/aromatic N) is 4. The highest BCUT2D eigenvalue weighted by Gasteiger charge is 2.43. The lowest BCUT2D eigenvalue weighted by atomic mass is 9.92. The van der Waals surface area contributed by atoms with Crippen LogP contribution in [0.15, 0.2) is 58.5 Å². The Morgan fingerprint density at radius 1 is 1.18 bits per heavy atom. The van der Waals surface area contributed by atoms with Gasteiger partial charge in [-0.2, -0.15) is 4.31 Å². The second kappa shape index (κ2) is 10.6. The number of carbonyl (C=O) groups excluding carboxylic acids is 2. The fourth-order valence-electron chi connectivity index (χ4n) is 5.52. The van der Waals surface area contributed by atoms with Gasteiger partial charge in [0.15, 0.2) is 0 Å². The van der Waals surface area contributed by atoms with Gasteiger partial charge in [0, 0.05) is 60.8 Å². The zero-order chi connectivity index (χ0) is 28.0. The van der Waals surface area contributed by atoms with Crippen LogP contribution in [0.2, 0.25) is 5.02 Å². The van der Waals surface area contributed by atoms with Crippen LogP contribution >= 0.6 is 11.6 Å². The van der Waals surface area contributed by atoms with Gasteiger partial charge in [0.05, 0.1) is 19.7 Å². The van der Waals surface area contributed by atoms with E-state index in [0.717, 1.165) is 41.5 Å². The van der Waals surface area contributed by atoms with Crippen LogP contribution in [0.1, 0.15) is 30.0 Å². The second-order valence-corrected chi connectivity index (χ2v) is 12.7. The zero-order valence-electron chi connectivity index (χ0n) is 22.0. The highest BCUT2D eigenvalue weighted by Crippen LogP contribution is 2.32. The average molecular weight is 584 g/mol. The van der Waals surface area contributed by atoms with Crippen LogP contribution in [-0.2, 0) is 30.9 Å². The molecule has 2 aromatic carbocycles. The predicted octanol–water partition coefficient (Wildman–Crippen LogP) is 2.99. The molecule has 3 aliphatic rings. The highest BCUT2D eigenvalue weighted by atomic mass is 35.5. The summed E-state index contributed by atoms with van der Waals surface area (Å²) in [5.74, 6) is -1.15. The van der Waals surface area contributed by atoms with Crippen molar-refractivity contribution in [3.05, 3.63) is 64.7 Å². The molecule has 10 nitrogen and oxygen atoms in total. The van der Waals surface area contributed by atoms with Gasteiger partial charge >= 0.3 is 5.97 Å². The second-order valence-electron chi connectivity index (χ2n) is 10.4. The first kappa shape index (κ1) is 26.9. The maximum Gasteiger partial charge on any atom is 0.329 e. The van der Waals surface area contributed by atoms with E-state index in [-0.39, 0.29) is 30.7 Å². The normalized spacial score (nSPS) is 21.1. The van der Waals surface area contributed by atoms with Gasteiger partial charge in [0.1, 0.15) is 11.1 Å². The molecule has 1 unspecified atom stereocenters. The summed E-state index contributed by atoms with van der Waals surface area (Å²) in [5, 5.41) is 1.04.